The van der Waals surface area contributed by atoms with E-state index in [4.69, 9.17) is 10.5 Å². The van der Waals surface area contributed by atoms with E-state index < -0.39 is 4.92 Å². The van der Waals surface area contributed by atoms with Gasteiger partial charge >= 0.3 is 5.69 Å². The predicted octanol–water partition coefficient (Wildman–Crippen LogP) is 1.25. The molecule has 2 rings (SSSR count). The number of hydrogen-bond acceptors (Lipinski definition) is 7. The molecule has 1 fully saturated rings. The maximum Gasteiger partial charge on any atom is 0.332 e. The molecule has 2 unspecified atom stereocenters. The first-order valence-electron chi connectivity index (χ1n) is 6.14. The molecule has 0 saturated carbocycles. The summed E-state index contributed by atoms with van der Waals surface area (Å²) < 4.78 is 5.44. The third kappa shape index (κ3) is 3.08. The first-order chi connectivity index (χ1) is 8.97. The maximum absolute atomic E-state index is 11.1. The summed E-state index contributed by atoms with van der Waals surface area (Å²) in [6.45, 7) is 4.15. The quantitative estimate of drug-likeness (QED) is 0.625. The van der Waals surface area contributed by atoms with Gasteiger partial charge in [0, 0.05) is 12.6 Å². The minimum Gasteiger partial charge on any atom is -0.378 e. The van der Waals surface area contributed by atoms with Crippen LogP contribution in [0, 0.1) is 17.0 Å². The van der Waals surface area contributed by atoms with Gasteiger partial charge in [-0.25, -0.2) is 4.98 Å². The Labute approximate surface area is 110 Å². The van der Waals surface area contributed by atoms with Crippen LogP contribution in [0.2, 0.25) is 0 Å². The molecule has 2 atom stereocenters. The van der Waals surface area contributed by atoms with Crippen molar-refractivity contribution in [1.29, 1.82) is 0 Å². The summed E-state index contributed by atoms with van der Waals surface area (Å²) in [6.07, 6.45) is 1.69. The van der Waals surface area contributed by atoms with Gasteiger partial charge in [-0.15, -0.1) is 0 Å². The van der Waals surface area contributed by atoms with Crippen molar-refractivity contribution in [3.8, 4) is 0 Å². The fourth-order valence-electron chi connectivity index (χ4n) is 2.23. The second-order valence-electron chi connectivity index (χ2n) is 4.67. The standard InChI is InChI=1S/C11H17N5O3/c1-6-5-8(3-4-19-6)14-10-9(16(17)18)7(2)13-11(12)15-10/h6,8H,3-5H2,1-2H3,(H3,12,13,14,15). The Kier molecular flexibility index (Phi) is 3.79. The molecule has 0 aliphatic carbocycles. The number of anilines is 2. The van der Waals surface area contributed by atoms with Crippen LogP contribution in [0.25, 0.3) is 0 Å². The van der Waals surface area contributed by atoms with Crippen molar-refractivity contribution in [1.82, 2.24) is 9.97 Å². The van der Waals surface area contributed by atoms with Crippen LogP contribution in [0.3, 0.4) is 0 Å². The molecule has 19 heavy (non-hydrogen) atoms. The number of rotatable bonds is 3. The van der Waals surface area contributed by atoms with Gasteiger partial charge in [0.1, 0.15) is 5.69 Å². The molecule has 0 amide bonds. The van der Waals surface area contributed by atoms with Gasteiger partial charge < -0.3 is 15.8 Å². The highest BCUT2D eigenvalue weighted by atomic mass is 16.6. The van der Waals surface area contributed by atoms with E-state index in [-0.39, 0.29) is 35.3 Å². The molecular weight excluding hydrogens is 250 g/mol. The number of nitrogen functional groups attached to an aromatic ring is 1. The number of aryl methyl sites for hydroxylation is 1. The number of nitro groups is 1. The summed E-state index contributed by atoms with van der Waals surface area (Å²) in [4.78, 5) is 18.4. The van der Waals surface area contributed by atoms with E-state index in [1.165, 1.54) is 0 Å². The van der Waals surface area contributed by atoms with Crippen molar-refractivity contribution in [3.05, 3.63) is 15.8 Å². The van der Waals surface area contributed by atoms with E-state index in [0.717, 1.165) is 12.8 Å². The average Bonchev–Trinajstić information content (AvgIpc) is 2.26. The number of nitrogens with one attached hydrogen (secondary N) is 1. The average molecular weight is 267 g/mol. The first-order valence-corrected chi connectivity index (χ1v) is 6.14. The molecule has 1 aliphatic rings. The summed E-state index contributed by atoms with van der Waals surface area (Å²) in [7, 11) is 0. The third-order valence-corrected chi connectivity index (χ3v) is 3.08. The highest BCUT2D eigenvalue weighted by Gasteiger charge is 2.26. The van der Waals surface area contributed by atoms with Crippen molar-refractivity contribution < 1.29 is 9.66 Å². The molecule has 3 N–H and O–H groups in total. The summed E-state index contributed by atoms with van der Waals surface area (Å²) in [5, 5.41) is 14.2. The number of nitrogens with zero attached hydrogens (tertiary/aromatic N) is 3. The lowest BCUT2D eigenvalue weighted by Crippen LogP contribution is -2.33. The maximum atomic E-state index is 11.1. The van der Waals surface area contributed by atoms with E-state index in [1.54, 1.807) is 6.92 Å². The predicted molar refractivity (Wildman–Crippen MR) is 69.9 cm³/mol. The fraction of sp³-hybridized carbons (Fsp3) is 0.636. The first kappa shape index (κ1) is 13.5. The minimum atomic E-state index is -0.486. The van der Waals surface area contributed by atoms with Gasteiger partial charge in [-0.3, -0.25) is 10.1 Å². The molecule has 0 bridgehead atoms. The lowest BCUT2D eigenvalue weighted by molar-refractivity contribution is -0.385. The van der Waals surface area contributed by atoms with Crippen molar-refractivity contribution in [2.75, 3.05) is 17.7 Å². The Hall–Kier alpha value is -1.96. The topological polar surface area (TPSA) is 116 Å². The molecular formula is C11H17N5O3. The van der Waals surface area contributed by atoms with Crippen molar-refractivity contribution >= 4 is 17.5 Å². The van der Waals surface area contributed by atoms with Crippen molar-refractivity contribution in [2.24, 2.45) is 0 Å². The molecule has 104 valence electrons. The van der Waals surface area contributed by atoms with E-state index in [9.17, 15) is 10.1 Å². The van der Waals surface area contributed by atoms with Gasteiger partial charge in [0.2, 0.25) is 11.8 Å². The Morgan fingerprint density at radius 2 is 2.26 bits per heavy atom. The molecule has 0 radical (unpaired) electrons. The molecule has 1 aliphatic heterocycles. The normalized spacial score (nSPS) is 23.1. The second-order valence-corrected chi connectivity index (χ2v) is 4.67. The molecule has 0 spiro atoms. The lowest BCUT2D eigenvalue weighted by atomic mass is 10.0. The Morgan fingerprint density at radius 3 is 2.89 bits per heavy atom. The highest BCUT2D eigenvalue weighted by molar-refractivity contribution is 5.60. The fourth-order valence-corrected chi connectivity index (χ4v) is 2.23. The summed E-state index contributed by atoms with van der Waals surface area (Å²) in [6, 6.07) is 0.0937. The van der Waals surface area contributed by atoms with E-state index in [0.29, 0.717) is 6.61 Å². The molecule has 2 heterocycles. The SMILES string of the molecule is Cc1nc(N)nc(NC2CCOC(C)C2)c1[N+](=O)[O-]. The largest absolute Gasteiger partial charge is 0.378 e. The zero-order valence-electron chi connectivity index (χ0n) is 10.9. The molecule has 1 aromatic rings. The van der Waals surface area contributed by atoms with Gasteiger partial charge in [-0.05, 0) is 26.7 Å². The van der Waals surface area contributed by atoms with Crippen LogP contribution in [0.15, 0.2) is 0 Å². The molecule has 1 saturated heterocycles. The van der Waals surface area contributed by atoms with Crippen LogP contribution in [0.4, 0.5) is 17.5 Å². The summed E-state index contributed by atoms with van der Waals surface area (Å²) in [5.41, 5.74) is 5.70. The molecule has 8 heteroatoms. The van der Waals surface area contributed by atoms with Crippen LogP contribution in [0.5, 0.6) is 0 Å². The smallest absolute Gasteiger partial charge is 0.332 e. The summed E-state index contributed by atoms with van der Waals surface area (Å²) >= 11 is 0. The number of aromatic nitrogens is 2. The Bertz CT molecular complexity index is 493. The minimum absolute atomic E-state index is 0.0331. The van der Waals surface area contributed by atoms with Gasteiger partial charge in [0.05, 0.1) is 11.0 Å². The van der Waals surface area contributed by atoms with Gasteiger partial charge in [0.25, 0.3) is 0 Å². The van der Waals surface area contributed by atoms with Crippen LogP contribution in [-0.4, -0.2) is 33.6 Å². The zero-order chi connectivity index (χ0) is 14.0. The lowest BCUT2D eigenvalue weighted by Gasteiger charge is -2.28. The second kappa shape index (κ2) is 5.35. The number of hydrogen-bond donors (Lipinski definition) is 2. The van der Waals surface area contributed by atoms with Crippen molar-refractivity contribution in [2.45, 2.75) is 38.8 Å². The molecule has 0 aromatic carbocycles. The number of nitrogens with two attached hydrogens (primary N) is 1. The third-order valence-electron chi connectivity index (χ3n) is 3.08. The van der Waals surface area contributed by atoms with Crippen LogP contribution in [0.1, 0.15) is 25.5 Å². The molecule has 1 aromatic heterocycles. The van der Waals surface area contributed by atoms with Crippen molar-refractivity contribution in [3.63, 3.8) is 0 Å². The summed E-state index contributed by atoms with van der Waals surface area (Å²) in [5.74, 6) is 0.222. The number of ether oxygens (including phenoxy) is 1. The van der Waals surface area contributed by atoms with Crippen LogP contribution in [-0.2, 0) is 4.74 Å². The van der Waals surface area contributed by atoms with E-state index >= 15 is 0 Å². The highest BCUT2D eigenvalue weighted by Crippen LogP contribution is 2.28. The molecule has 8 nitrogen and oxygen atoms in total. The van der Waals surface area contributed by atoms with Gasteiger partial charge in [-0.1, -0.05) is 0 Å². The Balaban J connectivity index is 2.25. The van der Waals surface area contributed by atoms with Crippen LogP contribution >= 0.6 is 0 Å². The zero-order valence-corrected chi connectivity index (χ0v) is 10.9. The van der Waals surface area contributed by atoms with E-state index in [1.807, 2.05) is 6.92 Å². The monoisotopic (exact) mass is 267 g/mol. The van der Waals surface area contributed by atoms with Gasteiger partial charge in [-0.2, -0.15) is 4.98 Å². The van der Waals surface area contributed by atoms with Gasteiger partial charge in [0.15, 0.2) is 0 Å². The van der Waals surface area contributed by atoms with E-state index in [2.05, 4.69) is 15.3 Å². The van der Waals surface area contributed by atoms with Crippen LogP contribution < -0.4 is 11.1 Å². The Morgan fingerprint density at radius 1 is 1.53 bits per heavy atom.